The third kappa shape index (κ3) is 5.90. The van der Waals surface area contributed by atoms with Crippen LogP contribution in [0, 0.1) is 0 Å². The number of nitrogens with two attached hydrogens (primary N) is 1. The molecule has 0 atom stereocenters. The van der Waals surface area contributed by atoms with E-state index in [0.29, 0.717) is 11.4 Å². The molecule has 5 rings (SSSR count). The molecule has 0 radical (unpaired) electrons. The first-order valence-corrected chi connectivity index (χ1v) is 11.5. The van der Waals surface area contributed by atoms with E-state index in [9.17, 15) is 4.79 Å². The molecule has 0 saturated heterocycles. The standard InChI is InChI=1S/C27H21N5OS.ClH/c28-26-17-22(13-15-30-26)34-21-11-9-20(10-12-21)32-27(33)18-5-7-19(8-6-18)31-25-14-16-29-24-4-2-1-3-23(24)25;/h1-17H,(H2,28,30)(H,29,31)(H,32,33);1H. The minimum Gasteiger partial charge on any atom is -0.384 e. The van der Waals surface area contributed by atoms with Crippen molar-refractivity contribution in [2.75, 3.05) is 16.4 Å². The summed E-state index contributed by atoms with van der Waals surface area (Å²) in [5.41, 5.74) is 9.84. The second-order valence-electron chi connectivity index (χ2n) is 7.57. The van der Waals surface area contributed by atoms with Crippen LogP contribution in [0.15, 0.2) is 113 Å². The Kier molecular flexibility index (Phi) is 7.50. The Morgan fingerprint density at radius 3 is 2.26 bits per heavy atom. The van der Waals surface area contributed by atoms with E-state index in [2.05, 4.69) is 20.6 Å². The number of nitrogens with zero attached hydrogens (tertiary/aromatic N) is 2. The number of benzene rings is 3. The molecule has 0 bridgehead atoms. The van der Waals surface area contributed by atoms with Gasteiger partial charge in [0.25, 0.3) is 5.91 Å². The van der Waals surface area contributed by atoms with Crippen molar-refractivity contribution in [1.82, 2.24) is 9.97 Å². The van der Waals surface area contributed by atoms with Gasteiger partial charge in [0.1, 0.15) is 5.82 Å². The summed E-state index contributed by atoms with van der Waals surface area (Å²) in [6, 6.07) is 28.7. The maximum atomic E-state index is 12.7. The number of rotatable bonds is 6. The quantitative estimate of drug-likeness (QED) is 0.238. The van der Waals surface area contributed by atoms with Crippen LogP contribution in [0.4, 0.5) is 22.9 Å². The number of hydrogen-bond acceptors (Lipinski definition) is 6. The molecule has 0 spiro atoms. The minimum atomic E-state index is -0.164. The molecule has 174 valence electrons. The Bertz CT molecular complexity index is 1450. The highest BCUT2D eigenvalue weighted by Gasteiger charge is 2.08. The van der Waals surface area contributed by atoms with Crippen molar-refractivity contribution < 1.29 is 4.79 Å². The zero-order chi connectivity index (χ0) is 23.3. The van der Waals surface area contributed by atoms with Gasteiger partial charge in [0, 0.05) is 50.2 Å². The molecule has 0 aliphatic rings. The number of halogens is 1. The summed E-state index contributed by atoms with van der Waals surface area (Å²) in [6.45, 7) is 0. The van der Waals surface area contributed by atoms with Gasteiger partial charge >= 0.3 is 0 Å². The number of anilines is 4. The molecule has 0 aliphatic carbocycles. The smallest absolute Gasteiger partial charge is 0.255 e. The number of aromatic nitrogens is 2. The first-order valence-electron chi connectivity index (χ1n) is 10.7. The summed E-state index contributed by atoms with van der Waals surface area (Å²) in [5.74, 6) is 0.326. The molecular formula is C27H22ClN5OS. The fourth-order valence-electron chi connectivity index (χ4n) is 3.50. The fourth-order valence-corrected chi connectivity index (χ4v) is 4.36. The summed E-state index contributed by atoms with van der Waals surface area (Å²) < 4.78 is 0. The predicted octanol–water partition coefficient (Wildman–Crippen LogP) is 6.78. The lowest BCUT2D eigenvalue weighted by Gasteiger charge is -2.10. The molecule has 2 aromatic heterocycles. The van der Waals surface area contributed by atoms with Crippen LogP contribution in [0.25, 0.3) is 10.9 Å². The van der Waals surface area contributed by atoms with Crippen LogP contribution in [-0.4, -0.2) is 15.9 Å². The van der Waals surface area contributed by atoms with Crippen LogP contribution in [0.5, 0.6) is 0 Å². The zero-order valence-electron chi connectivity index (χ0n) is 18.5. The van der Waals surface area contributed by atoms with Crippen molar-refractivity contribution in [2.24, 2.45) is 0 Å². The lowest BCUT2D eigenvalue weighted by molar-refractivity contribution is 0.102. The molecule has 3 aromatic carbocycles. The SMILES string of the molecule is Cl.Nc1cc(Sc2ccc(NC(=O)c3ccc(Nc4ccnc5ccccc45)cc3)cc2)ccn1. The van der Waals surface area contributed by atoms with Crippen LogP contribution in [0.3, 0.4) is 0 Å². The van der Waals surface area contributed by atoms with Gasteiger partial charge in [0.15, 0.2) is 0 Å². The summed E-state index contributed by atoms with van der Waals surface area (Å²) >= 11 is 1.58. The van der Waals surface area contributed by atoms with Crippen molar-refractivity contribution in [1.29, 1.82) is 0 Å². The van der Waals surface area contributed by atoms with E-state index in [-0.39, 0.29) is 18.3 Å². The lowest BCUT2D eigenvalue weighted by atomic mass is 10.1. The molecule has 6 nitrogen and oxygen atoms in total. The van der Waals surface area contributed by atoms with E-state index >= 15 is 0 Å². The number of nitrogens with one attached hydrogen (secondary N) is 2. The number of nitrogen functional groups attached to an aromatic ring is 1. The number of para-hydroxylation sites is 1. The summed E-state index contributed by atoms with van der Waals surface area (Å²) in [7, 11) is 0. The normalized spacial score (nSPS) is 10.4. The van der Waals surface area contributed by atoms with E-state index < -0.39 is 0 Å². The topological polar surface area (TPSA) is 92.9 Å². The van der Waals surface area contributed by atoms with Crippen LogP contribution in [0.1, 0.15) is 10.4 Å². The van der Waals surface area contributed by atoms with Gasteiger partial charge < -0.3 is 16.4 Å². The monoisotopic (exact) mass is 499 g/mol. The number of carbonyl (C=O) groups is 1. The van der Waals surface area contributed by atoms with Crippen LogP contribution < -0.4 is 16.4 Å². The third-order valence-electron chi connectivity index (χ3n) is 5.18. The van der Waals surface area contributed by atoms with Gasteiger partial charge in [0.2, 0.25) is 0 Å². The summed E-state index contributed by atoms with van der Waals surface area (Å²) in [4.78, 5) is 23.2. The van der Waals surface area contributed by atoms with E-state index in [1.165, 1.54) is 0 Å². The van der Waals surface area contributed by atoms with Crippen molar-refractivity contribution in [3.05, 3.63) is 109 Å². The molecule has 5 aromatic rings. The highest BCUT2D eigenvalue weighted by molar-refractivity contribution is 7.99. The Balaban J connectivity index is 0.00000289. The molecular weight excluding hydrogens is 478 g/mol. The van der Waals surface area contributed by atoms with E-state index in [1.807, 2.05) is 78.9 Å². The van der Waals surface area contributed by atoms with Gasteiger partial charge in [-0.1, -0.05) is 30.0 Å². The highest BCUT2D eigenvalue weighted by Crippen LogP contribution is 2.29. The average Bonchev–Trinajstić information content (AvgIpc) is 2.86. The largest absolute Gasteiger partial charge is 0.384 e. The molecule has 4 N–H and O–H groups in total. The van der Waals surface area contributed by atoms with E-state index in [0.717, 1.165) is 37.8 Å². The Hall–Kier alpha value is -4.07. The maximum Gasteiger partial charge on any atom is 0.255 e. The molecule has 0 unspecified atom stereocenters. The van der Waals surface area contributed by atoms with E-state index in [1.54, 1.807) is 36.3 Å². The van der Waals surface area contributed by atoms with Crippen LogP contribution in [0.2, 0.25) is 0 Å². The van der Waals surface area contributed by atoms with Crippen molar-refractivity contribution in [3.63, 3.8) is 0 Å². The van der Waals surface area contributed by atoms with E-state index in [4.69, 9.17) is 5.73 Å². The molecule has 8 heteroatoms. The Morgan fingerprint density at radius 1 is 0.771 bits per heavy atom. The minimum absolute atomic E-state index is 0. The maximum absolute atomic E-state index is 12.7. The predicted molar refractivity (Wildman–Crippen MR) is 146 cm³/mol. The molecule has 0 saturated carbocycles. The van der Waals surface area contributed by atoms with Crippen molar-refractivity contribution >= 4 is 63.9 Å². The Labute approximate surface area is 213 Å². The molecule has 35 heavy (non-hydrogen) atoms. The Morgan fingerprint density at radius 2 is 1.49 bits per heavy atom. The van der Waals surface area contributed by atoms with Crippen LogP contribution in [-0.2, 0) is 0 Å². The van der Waals surface area contributed by atoms with Gasteiger partial charge in [-0.05, 0) is 72.8 Å². The first-order chi connectivity index (χ1) is 16.6. The van der Waals surface area contributed by atoms with Crippen molar-refractivity contribution in [3.8, 4) is 0 Å². The van der Waals surface area contributed by atoms with Gasteiger partial charge in [-0.15, -0.1) is 12.4 Å². The average molecular weight is 500 g/mol. The van der Waals surface area contributed by atoms with Gasteiger partial charge in [-0.2, -0.15) is 0 Å². The number of carbonyl (C=O) groups excluding carboxylic acids is 1. The molecule has 1 amide bonds. The first kappa shape index (κ1) is 24.1. The third-order valence-corrected chi connectivity index (χ3v) is 6.17. The number of amides is 1. The summed E-state index contributed by atoms with van der Waals surface area (Å²) in [6.07, 6.45) is 3.47. The van der Waals surface area contributed by atoms with Gasteiger partial charge in [-0.3, -0.25) is 9.78 Å². The van der Waals surface area contributed by atoms with Crippen LogP contribution >= 0.6 is 24.2 Å². The number of hydrogen-bond donors (Lipinski definition) is 3. The summed E-state index contributed by atoms with van der Waals surface area (Å²) in [5, 5.41) is 7.39. The van der Waals surface area contributed by atoms with Crippen molar-refractivity contribution in [2.45, 2.75) is 9.79 Å². The number of pyridine rings is 2. The second-order valence-corrected chi connectivity index (χ2v) is 8.72. The zero-order valence-corrected chi connectivity index (χ0v) is 20.1. The highest BCUT2D eigenvalue weighted by atomic mass is 35.5. The lowest BCUT2D eigenvalue weighted by Crippen LogP contribution is -2.11. The second kappa shape index (κ2) is 10.9. The molecule has 0 fully saturated rings. The molecule has 0 aliphatic heterocycles. The van der Waals surface area contributed by atoms with Gasteiger partial charge in [-0.25, -0.2) is 4.98 Å². The number of fused-ring (bicyclic) bond motifs is 1. The van der Waals surface area contributed by atoms with Gasteiger partial charge in [0.05, 0.1) is 5.52 Å². The fraction of sp³-hybridized carbons (Fsp3) is 0. The molecule has 2 heterocycles.